The van der Waals surface area contributed by atoms with Gasteiger partial charge in [-0.05, 0) is 37.1 Å². The van der Waals surface area contributed by atoms with Crippen LogP contribution in [0.1, 0.15) is 29.2 Å². The fraction of sp³-hybridized carbons (Fsp3) is 0.263. The summed E-state index contributed by atoms with van der Waals surface area (Å²) in [6.07, 6.45) is 1.19. The SMILES string of the molecule is O=C(c1ccc(F)cc1F)N1CCC(n2c(=O)[nH]c3ccccc32)CC1. The molecule has 2 heterocycles. The maximum Gasteiger partial charge on any atom is 0.326 e. The zero-order valence-corrected chi connectivity index (χ0v) is 13.9. The molecule has 2 aromatic carbocycles. The van der Waals surface area contributed by atoms with Gasteiger partial charge in [-0.15, -0.1) is 0 Å². The molecule has 0 spiro atoms. The highest BCUT2D eigenvalue weighted by atomic mass is 19.1. The molecule has 1 fully saturated rings. The summed E-state index contributed by atoms with van der Waals surface area (Å²) >= 11 is 0. The van der Waals surface area contributed by atoms with Gasteiger partial charge in [-0.25, -0.2) is 13.6 Å². The van der Waals surface area contributed by atoms with Gasteiger partial charge in [0.25, 0.3) is 5.91 Å². The summed E-state index contributed by atoms with van der Waals surface area (Å²) in [5, 5.41) is 0. The lowest BCUT2D eigenvalue weighted by atomic mass is 10.0. The number of H-pyrrole nitrogens is 1. The fourth-order valence-electron chi connectivity index (χ4n) is 3.60. The van der Waals surface area contributed by atoms with Crippen molar-refractivity contribution in [1.29, 1.82) is 0 Å². The highest BCUT2D eigenvalue weighted by Crippen LogP contribution is 2.26. The number of piperidine rings is 1. The summed E-state index contributed by atoms with van der Waals surface area (Å²) in [5.41, 5.74) is 1.32. The number of benzene rings is 2. The quantitative estimate of drug-likeness (QED) is 0.766. The van der Waals surface area contributed by atoms with Crippen molar-refractivity contribution in [3.8, 4) is 0 Å². The summed E-state index contributed by atoms with van der Waals surface area (Å²) in [6.45, 7) is 0.818. The summed E-state index contributed by atoms with van der Waals surface area (Å²) in [6, 6.07) is 10.4. The van der Waals surface area contributed by atoms with Gasteiger partial charge in [0, 0.05) is 25.2 Å². The van der Waals surface area contributed by atoms with Gasteiger partial charge in [-0.2, -0.15) is 0 Å². The van der Waals surface area contributed by atoms with Crippen molar-refractivity contribution in [2.24, 2.45) is 0 Å². The minimum absolute atomic E-state index is 0.0271. The van der Waals surface area contributed by atoms with Gasteiger partial charge < -0.3 is 9.88 Å². The molecule has 5 nitrogen and oxygen atoms in total. The largest absolute Gasteiger partial charge is 0.338 e. The zero-order chi connectivity index (χ0) is 18.3. The third kappa shape index (κ3) is 2.79. The van der Waals surface area contributed by atoms with Gasteiger partial charge in [0.2, 0.25) is 0 Å². The Hall–Kier alpha value is -2.96. The number of imidazole rings is 1. The van der Waals surface area contributed by atoms with Gasteiger partial charge in [0.05, 0.1) is 16.6 Å². The van der Waals surface area contributed by atoms with Crippen LogP contribution in [0.3, 0.4) is 0 Å². The number of likely N-dealkylation sites (tertiary alicyclic amines) is 1. The molecule has 134 valence electrons. The van der Waals surface area contributed by atoms with Gasteiger partial charge >= 0.3 is 5.69 Å². The third-order valence-corrected chi connectivity index (χ3v) is 4.90. The molecule has 0 atom stereocenters. The van der Waals surface area contributed by atoms with E-state index in [1.807, 2.05) is 24.3 Å². The van der Waals surface area contributed by atoms with Crippen LogP contribution in [0.15, 0.2) is 47.3 Å². The number of halogens is 2. The van der Waals surface area contributed by atoms with Crippen LogP contribution in [0, 0.1) is 11.6 Å². The molecule has 1 amide bonds. The van der Waals surface area contributed by atoms with E-state index >= 15 is 0 Å². The van der Waals surface area contributed by atoms with Crippen molar-refractivity contribution in [2.45, 2.75) is 18.9 Å². The molecule has 1 aliphatic heterocycles. The first kappa shape index (κ1) is 16.5. The number of aromatic nitrogens is 2. The van der Waals surface area contributed by atoms with E-state index < -0.39 is 17.5 Å². The van der Waals surface area contributed by atoms with Gasteiger partial charge in [-0.3, -0.25) is 9.36 Å². The first-order valence-corrected chi connectivity index (χ1v) is 8.48. The molecule has 0 saturated carbocycles. The second-order valence-electron chi connectivity index (χ2n) is 6.46. The van der Waals surface area contributed by atoms with E-state index in [-0.39, 0.29) is 17.3 Å². The van der Waals surface area contributed by atoms with Gasteiger partial charge in [0.15, 0.2) is 0 Å². The number of nitrogens with one attached hydrogen (secondary N) is 1. The number of carbonyl (C=O) groups is 1. The molecule has 1 N–H and O–H groups in total. The Kier molecular flexibility index (Phi) is 4.06. The number of fused-ring (bicyclic) bond motifs is 1. The molecular formula is C19H17F2N3O2. The third-order valence-electron chi connectivity index (χ3n) is 4.90. The summed E-state index contributed by atoms with van der Waals surface area (Å²) in [4.78, 5) is 29.2. The van der Waals surface area contributed by atoms with E-state index in [0.717, 1.165) is 17.1 Å². The highest BCUT2D eigenvalue weighted by Gasteiger charge is 2.27. The van der Waals surface area contributed by atoms with E-state index in [1.54, 1.807) is 9.47 Å². The molecule has 0 aliphatic carbocycles. The number of hydrogen-bond donors (Lipinski definition) is 1. The van der Waals surface area contributed by atoms with Crippen molar-refractivity contribution < 1.29 is 13.6 Å². The molecule has 1 aromatic heterocycles. The lowest BCUT2D eigenvalue weighted by Gasteiger charge is -2.32. The Balaban J connectivity index is 1.53. The molecule has 0 unspecified atom stereocenters. The Labute approximate surface area is 147 Å². The van der Waals surface area contributed by atoms with Crippen LogP contribution in [0.5, 0.6) is 0 Å². The highest BCUT2D eigenvalue weighted by molar-refractivity contribution is 5.94. The van der Waals surface area contributed by atoms with Gasteiger partial charge in [0.1, 0.15) is 11.6 Å². The van der Waals surface area contributed by atoms with Crippen LogP contribution >= 0.6 is 0 Å². The zero-order valence-electron chi connectivity index (χ0n) is 13.9. The lowest BCUT2D eigenvalue weighted by molar-refractivity contribution is 0.0690. The minimum atomic E-state index is -0.857. The predicted octanol–water partition coefficient (Wildman–Crippen LogP) is 3.09. The van der Waals surface area contributed by atoms with Crippen molar-refractivity contribution in [3.63, 3.8) is 0 Å². The molecular weight excluding hydrogens is 340 g/mol. The van der Waals surface area contributed by atoms with E-state index in [4.69, 9.17) is 0 Å². The number of nitrogens with zero attached hydrogens (tertiary/aromatic N) is 2. The number of aromatic amines is 1. The Morgan fingerprint density at radius 1 is 1.08 bits per heavy atom. The molecule has 0 bridgehead atoms. The van der Waals surface area contributed by atoms with Crippen molar-refractivity contribution in [2.75, 3.05) is 13.1 Å². The standard InChI is InChI=1S/C19H17F2N3O2/c20-12-5-6-14(15(21)11-12)18(25)23-9-7-13(8-10-23)24-17-4-2-1-3-16(17)22-19(24)26/h1-6,11,13H,7-10H2,(H,22,26). The van der Waals surface area contributed by atoms with E-state index in [2.05, 4.69) is 4.98 Å². The Bertz CT molecular complexity index is 1030. The number of para-hydroxylation sites is 2. The second-order valence-corrected chi connectivity index (χ2v) is 6.46. The first-order chi connectivity index (χ1) is 12.5. The molecule has 1 saturated heterocycles. The number of rotatable bonds is 2. The first-order valence-electron chi connectivity index (χ1n) is 8.48. The van der Waals surface area contributed by atoms with Crippen LogP contribution in [0.4, 0.5) is 8.78 Å². The van der Waals surface area contributed by atoms with Crippen LogP contribution < -0.4 is 5.69 Å². The lowest BCUT2D eigenvalue weighted by Crippen LogP contribution is -2.40. The van der Waals surface area contributed by atoms with Crippen LogP contribution in [0.25, 0.3) is 11.0 Å². The second kappa shape index (κ2) is 6.40. The minimum Gasteiger partial charge on any atom is -0.338 e. The van der Waals surface area contributed by atoms with Crippen molar-refractivity contribution in [1.82, 2.24) is 14.5 Å². The smallest absolute Gasteiger partial charge is 0.326 e. The van der Waals surface area contributed by atoms with Crippen LogP contribution in [0.2, 0.25) is 0 Å². The molecule has 1 aliphatic rings. The average Bonchev–Trinajstić information content (AvgIpc) is 2.97. The Morgan fingerprint density at radius 3 is 2.54 bits per heavy atom. The fourth-order valence-corrected chi connectivity index (χ4v) is 3.60. The van der Waals surface area contributed by atoms with Crippen molar-refractivity contribution >= 4 is 16.9 Å². The Morgan fingerprint density at radius 2 is 1.81 bits per heavy atom. The monoisotopic (exact) mass is 357 g/mol. The summed E-state index contributed by atoms with van der Waals surface area (Å²) < 4.78 is 28.6. The normalized spacial score (nSPS) is 15.5. The van der Waals surface area contributed by atoms with Gasteiger partial charge in [-0.1, -0.05) is 12.1 Å². The van der Waals surface area contributed by atoms with Crippen LogP contribution in [-0.2, 0) is 0 Å². The maximum absolute atomic E-state index is 13.8. The molecule has 3 aromatic rings. The van der Waals surface area contributed by atoms with E-state index in [1.165, 1.54) is 6.07 Å². The number of hydrogen-bond acceptors (Lipinski definition) is 2. The van der Waals surface area contributed by atoms with Crippen LogP contribution in [-0.4, -0.2) is 33.4 Å². The predicted molar refractivity (Wildman–Crippen MR) is 93.1 cm³/mol. The molecule has 0 radical (unpaired) electrons. The molecule has 26 heavy (non-hydrogen) atoms. The molecule has 7 heteroatoms. The molecule has 4 rings (SSSR count). The number of carbonyl (C=O) groups excluding carboxylic acids is 1. The topological polar surface area (TPSA) is 58.1 Å². The average molecular weight is 357 g/mol. The summed E-state index contributed by atoms with van der Waals surface area (Å²) in [7, 11) is 0. The van der Waals surface area contributed by atoms with Crippen molar-refractivity contribution in [3.05, 3.63) is 70.1 Å². The maximum atomic E-state index is 13.8. The van der Waals surface area contributed by atoms with E-state index in [0.29, 0.717) is 32.0 Å². The van der Waals surface area contributed by atoms with E-state index in [9.17, 15) is 18.4 Å². The summed E-state index contributed by atoms with van der Waals surface area (Å²) in [5.74, 6) is -2.02. The number of amides is 1.